The van der Waals surface area contributed by atoms with Crippen LogP contribution in [-0.2, 0) is 10.0 Å². The van der Waals surface area contributed by atoms with Crippen LogP contribution in [0.3, 0.4) is 0 Å². The van der Waals surface area contributed by atoms with E-state index in [1.165, 1.54) is 10.4 Å². The van der Waals surface area contributed by atoms with Gasteiger partial charge < -0.3 is 4.74 Å². The van der Waals surface area contributed by atoms with Gasteiger partial charge in [0.2, 0.25) is 0 Å². The highest BCUT2D eigenvalue weighted by Crippen LogP contribution is 2.31. The SMILES string of the molecule is O=S(=O)(c1ccc(Cl)s1)N1CC(Oc2cccnc2)C1. The summed E-state index contributed by atoms with van der Waals surface area (Å²) in [6.07, 6.45) is 3.13. The van der Waals surface area contributed by atoms with Crippen molar-refractivity contribution in [3.63, 3.8) is 0 Å². The van der Waals surface area contributed by atoms with Gasteiger partial charge in [-0.15, -0.1) is 11.3 Å². The maximum atomic E-state index is 12.2. The second kappa shape index (κ2) is 5.33. The summed E-state index contributed by atoms with van der Waals surface area (Å²) >= 11 is 6.83. The monoisotopic (exact) mass is 330 g/mol. The molecule has 0 spiro atoms. The van der Waals surface area contributed by atoms with E-state index in [1.807, 2.05) is 0 Å². The van der Waals surface area contributed by atoms with Crippen LogP contribution >= 0.6 is 22.9 Å². The molecule has 0 aliphatic carbocycles. The fourth-order valence-corrected chi connectivity index (χ4v) is 4.98. The first-order valence-corrected chi connectivity index (χ1v) is 8.51. The number of nitrogens with zero attached hydrogens (tertiary/aromatic N) is 2. The van der Waals surface area contributed by atoms with Crippen molar-refractivity contribution >= 4 is 33.0 Å². The number of ether oxygens (including phenoxy) is 1. The zero-order valence-corrected chi connectivity index (χ0v) is 12.7. The lowest BCUT2D eigenvalue weighted by molar-refractivity contribution is 0.0760. The van der Waals surface area contributed by atoms with Crippen LogP contribution in [0.1, 0.15) is 0 Å². The number of sulfonamides is 1. The molecule has 0 amide bonds. The fraction of sp³-hybridized carbons (Fsp3) is 0.250. The smallest absolute Gasteiger partial charge is 0.252 e. The Hall–Kier alpha value is -1.15. The number of hydrogen-bond donors (Lipinski definition) is 0. The van der Waals surface area contributed by atoms with Gasteiger partial charge in [-0.05, 0) is 24.3 Å². The third-order valence-electron chi connectivity index (χ3n) is 2.89. The van der Waals surface area contributed by atoms with Gasteiger partial charge in [0.05, 0.1) is 23.6 Å². The van der Waals surface area contributed by atoms with Crippen molar-refractivity contribution < 1.29 is 13.2 Å². The predicted octanol–water partition coefficient (Wildman–Crippen LogP) is 2.25. The standard InChI is InChI=1S/C12H11ClN2O3S2/c13-11-3-4-12(19-11)20(16,17)15-7-10(8-15)18-9-2-1-5-14-6-9/h1-6,10H,7-8H2. The summed E-state index contributed by atoms with van der Waals surface area (Å²) < 4.78 is 32.2. The fourth-order valence-electron chi connectivity index (χ4n) is 1.84. The van der Waals surface area contributed by atoms with E-state index in [1.54, 1.807) is 30.6 Å². The number of pyridine rings is 1. The van der Waals surface area contributed by atoms with Crippen molar-refractivity contribution in [2.75, 3.05) is 13.1 Å². The quantitative estimate of drug-likeness (QED) is 0.862. The summed E-state index contributed by atoms with van der Waals surface area (Å²) in [5.74, 6) is 0.647. The molecule has 0 atom stereocenters. The van der Waals surface area contributed by atoms with E-state index < -0.39 is 10.0 Å². The molecule has 8 heteroatoms. The molecule has 1 aliphatic heterocycles. The van der Waals surface area contributed by atoms with Crippen LogP contribution in [0.2, 0.25) is 4.34 Å². The lowest BCUT2D eigenvalue weighted by Gasteiger charge is -2.37. The van der Waals surface area contributed by atoms with E-state index in [9.17, 15) is 8.42 Å². The molecule has 106 valence electrons. The third kappa shape index (κ3) is 2.67. The number of aromatic nitrogens is 1. The largest absolute Gasteiger partial charge is 0.486 e. The molecule has 5 nitrogen and oxygen atoms in total. The number of hydrogen-bond acceptors (Lipinski definition) is 5. The Kier molecular flexibility index (Phi) is 3.68. The summed E-state index contributed by atoms with van der Waals surface area (Å²) in [5.41, 5.74) is 0. The molecule has 1 aliphatic rings. The molecule has 20 heavy (non-hydrogen) atoms. The normalized spacial score (nSPS) is 16.9. The maximum absolute atomic E-state index is 12.2. The first kappa shape index (κ1) is 13.8. The lowest BCUT2D eigenvalue weighted by Crippen LogP contribution is -2.55. The molecule has 1 fully saturated rings. The van der Waals surface area contributed by atoms with Crippen molar-refractivity contribution in [1.82, 2.24) is 9.29 Å². The third-order valence-corrected chi connectivity index (χ3v) is 6.42. The van der Waals surface area contributed by atoms with Gasteiger partial charge in [0.25, 0.3) is 10.0 Å². The summed E-state index contributed by atoms with van der Waals surface area (Å²) in [6, 6.07) is 6.68. The Bertz CT molecular complexity index is 697. The molecular weight excluding hydrogens is 320 g/mol. The molecule has 0 unspecified atom stereocenters. The molecule has 0 aromatic carbocycles. The van der Waals surface area contributed by atoms with Crippen LogP contribution in [0.15, 0.2) is 40.9 Å². The summed E-state index contributed by atoms with van der Waals surface area (Å²) in [7, 11) is -3.43. The highest BCUT2D eigenvalue weighted by atomic mass is 35.5. The number of thiophene rings is 1. The maximum Gasteiger partial charge on any atom is 0.252 e. The van der Waals surface area contributed by atoms with Gasteiger partial charge in [-0.25, -0.2) is 8.42 Å². The van der Waals surface area contributed by atoms with E-state index in [4.69, 9.17) is 16.3 Å². The van der Waals surface area contributed by atoms with Crippen LogP contribution in [0.25, 0.3) is 0 Å². The van der Waals surface area contributed by atoms with Gasteiger partial charge in [0.1, 0.15) is 16.1 Å². The van der Waals surface area contributed by atoms with Crippen LogP contribution in [0, 0.1) is 0 Å². The van der Waals surface area contributed by atoms with Crippen molar-refractivity contribution in [1.29, 1.82) is 0 Å². The molecular formula is C12H11ClN2O3S2. The average Bonchev–Trinajstić information content (AvgIpc) is 2.82. The van der Waals surface area contributed by atoms with Gasteiger partial charge >= 0.3 is 0 Å². The Morgan fingerprint density at radius 1 is 1.35 bits per heavy atom. The van der Waals surface area contributed by atoms with E-state index >= 15 is 0 Å². The van der Waals surface area contributed by atoms with E-state index in [0.29, 0.717) is 23.2 Å². The minimum Gasteiger partial charge on any atom is -0.486 e. The van der Waals surface area contributed by atoms with Crippen LogP contribution in [-0.4, -0.2) is 36.9 Å². The second-order valence-electron chi connectivity index (χ2n) is 4.31. The first-order valence-electron chi connectivity index (χ1n) is 5.88. The Morgan fingerprint density at radius 2 is 2.15 bits per heavy atom. The first-order chi connectivity index (χ1) is 9.55. The van der Waals surface area contributed by atoms with Gasteiger partial charge in [-0.3, -0.25) is 4.98 Å². The van der Waals surface area contributed by atoms with Crippen molar-refractivity contribution in [3.05, 3.63) is 41.0 Å². The van der Waals surface area contributed by atoms with Gasteiger partial charge in [-0.1, -0.05) is 11.6 Å². The Labute approximate surface area is 125 Å². The molecule has 2 aromatic heterocycles. The highest BCUT2D eigenvalue weighted by Gasteiger charge is 2.38. The van der Waals surface area contributed by atoms with Crippen LogP contribution in [0.5, 0.6) is 5.75 Å². The summed E-state index contributed by atoms with van der Waals surface area (Å²) in [6.45, 7) is 0.680. The average molecular weight is 331 g/mol. The van der Waals surface area contributed by atoms with Crippen LogP contribution in [0.4, 0.5) is 0 Å². The van der Waals surface area contributed by atoms with Gasteiger partial charge in [0.15, 0.2) is 0 Å². The number of halogens is 1. The Balaban J connectivity index is 1.63. The zero-order valence-electron chi connectivity index (χ0n) is 10.3. The number of rotatable bonds is 4. The van der Waals surface area contributed by atoms with E-state index in [0.717, 1.165) is 11.3 Å². The predicted molar refractivity (Wildman–Crippen MR) is 76.7 cm³/mol. The molecule has 0 N–H and O–H groups in total. The lowest BCUT2D eigenvalue weighted by atomic mass is 10.2. The van der Waals surface area contributed by atoms with Crippen molar-refractivity contribution in [2.24, 2.45) is 0 Å². The van der Waals surface area contributed by atoms with Gasteiger partial charge in [0, 0.05) is 6.20 Å². The molecule has 1 saturated heterocycles. The summed E-state index contributed by atoms with van der Waals surface area (Å²) in [5, 5.41) is 0. The second-order valence-corrected chi connectivity index (χ2v) is 8.19. The molecule has 2 aromatic rings. The molecule has 0 bridgehead atoms. The zero-order chi connectivity index (χ0) is 14.2. The Morgan fingerprint density at radius 3 is 2.75 bits per heavy atom. The van der Waals surface area contributed by atoms with Gasteiger partial charge in [-0.2, -0.15) is 4.31 Å². The molecule has 3 heterocycles. The van der Waals surface area contributed by atoms with Crippen molar-refractivity contribution in [2.45, 2.75) is 10.3 Å². The highest BCUT2D eigenvalue weighted by molar-refractivity contribution is 7.91. The van der Waals surface area contributed by atoms with Crippen LogP contribution < -0.4 is 4.74 Å². The molecule has 0 radical (unpaired) electrons. The minimum absolute atomic E-state index is 0.135. The van der Waals surface area contributed by atoms with Crippen molar-refractivity contribution in [3.8, 4) is 5.75 Å². The molecule has 3 rings (SSSR count). The van der Waals surface area contributed by atoms with E-state index in [-0.39, 0.29) is 10.3 Å². The summed E-state index contributed by atoms with van der Waals surface area (Å²) in [4.78, 5) is 3.94. The molecule has 0 saturated carbocycles. The van der Waals surface area contributed by atoms with E-state index in [2.05, 4.69) is 4.98 Å². The topological polar surface area (TPSA) is 59.5 Å². The minimum atomic E-state index is -3.43.